The van der Waals surface area contributed by atoms with Crippen molar-refractivity contribution in [3.8, 4) is 0 Å². The van der Waals surface area contributed by atoms with Crippen LogP contribution in [0.5, 0.6) is 0 Å². The molecule has 0 aromatic rings. The predicted molar refractivity (Wildman–Crippen MR) is 96.0 cm³/mol. The van der Waals surface area contributed by atoms with Crippen LogP contribution in [0, 0.1) is 11.3 Å². The highest BCUT2D eigenvalue weighted by Crippen LogP contribution is 2.63. The summed E-state index contributed by atoms with van der Waals surface area (Å²) in [6.45, 7) is 9.55. The predicted octanol–water partition coefficient (Wildman–Crippen LogP) is 7.20. The van der Waals surface area contributed by atoms with E-state index in [2.05, 4.69) is 6.58 Å². The third kappa shape index (κ3) is 2.80. The van der Waals surface area contributed by atoms with Crippen molar-refractivity contribution in [2.75, 3.05) is 0 Å². The molecule has 2 atom stereocenters. The second-order valence-corrected chi connectivity index (χ2v) is 8.26. The van der Waals surface area contributed by atoms with Gasteiger partial charge < -0.3 is 4.90 Å². The lowest BCUT2D eigenvalue weighted by Crippen LogP contribution is -2.60. The van der Waals surface area contributed by atoms with Gasteiger partial charge in [-0.15, -0.1) is 6.58 Å². The lowest BCUT2D eigenvalue weighted by molar-refractivity contribution is -0.115. The molecule has 2 aliphatic heterocycles. The Balaban J connectivity index is 2.58. The van der Waals surface area contributed by atoms with E-state index in [1.165, 1.54) is 24.1 Å². The summed E-state index contributed by atoms with van der Waals surface area (Å²) in [4.78, 5) is 1.41. The minimum absolute atomic E-state index is 0.169. The Kier molecular flexibility index (Phi) is 4.73. The van der Waals surface area contributed by atoms with Gasteiger partial charge in [-0.05, 0) is 38.5 Å². The first-order valence-electron chi connectivity index (χ1n) is 8.98. The molecule has 9 heteroatoms. The van der Waals surface area contributed by atoms with Crippen LogP contribution in [0.2, 0.25) is 0 Å². The fourth-order valence-corrected chi connectivity index (χ4v) is 4.44. The van der Waals surface area contributed by atoms with Gasteiger partial charge in [0.25, 0.3) is 0 Å². The summed E-state index contributed by atoms with van der Waals surface area (Å²) in [6.07, 6.45) is -5.63. The lowest BCUT2D eigenvalue weighted by Gasteiger charge is -2.59. The van der Waals surface area contributed by atoms with E-state index in [4.69, 9.17) is 0 Å². The number of fused-ring (bicyclic) bond motifs is 2. The van der Waals surface area contributed by atoms with Gasteiger partial charge in [-0.3, -0.25) is 0 Å². The second-order valence-electron chi connectivity index (χ2n) is 8.26. The average molecular weight is 437 g/mol. The van der Waals surface area contributed by atoms with Gasteiger partial charge in [0, 0.05) is 34.3 Å². The molecule has 0 spiro atoms. The molecule has 0 aromatic heterocycles. The molecular weight excluding hydrogens is 418 g/mol. The van der Waals surface area contributed by atoms with Crippen LogP contribution in [0.3, 0.4) is 0 Å². The van der Waals surface area contributed by atoms with Crippen molar-refractivity contribution in [1.29, 1.82) is 0 Å². The van der Waals surface area contributed by atoms with Crippen LogP contribution >= 0.6 is 0 Å². The SMILES string of the molecule is C=CC1(C)C2C(=C3C=C(C)C=CN3C1(C)C)C(F)=C(C(F)(F)F)C(F)=C2C(F)(F)F. The van der Waals surface area contributed by atoms with Crippen LogP contribution in [0.25, 0.3) is 0 Å². The largest absolute Gasteiger partial charge is 0.422 e. The first-order chi connectivity index (χ1) is 13.5. The number of halogens is 8. The van der Waals surface area contributed by atoms with Gasteiger partial charge in [0.2, 0.25) is 0 Å². The van der Waals surface area contributed by atoms with E-state index in [0.717, 1.165) is 6.08 Å². The van der Waals surface area contributed by atoms with Gasteiger partial charge in [0.15, 0.2) is 0 Å². The van der Waals surface area contributed by atoms with Gasteiger partial charge in [-0.25, -0.2) is 8.78 Å². The molecule has 2 unspecified atom stereocenters. The standard InChI is InChI=1S/C21H19F8N/c1-6-19(5)13-12(11-9-10(2)7-8-30(11)18(19,3)4)16(22)15(21(27,28)29)17(23)14(13)20(24,25)26/h6-9,13H,1H2,2-5H3. The number of rotatable bonds is 1. The van der Waals surface area contributed by atoms with E-state index < -0.39 is 57.6 Å². The first-order valence-corrected chi connectivity index (χ1v) is 8.98. The smallest absolute Gasteiger partial charge is 0.341 e. The Hall–Kier alpha value is -2.32. The van der Waals surface area contributed by atoms with Gasteiger partial charge in [-0.1, -0.05) is 13.0 Å². The summed E-state index contributed by atoms with van der Waals surface area (Å²) in [5, 5.41) is 0. The maximum Gasteiger partial charge on any atom is 0.422 e. The molecule has 0 bridgehead atoms. The van der Waals surface area contributed by atoms with Gasteiger partial charge >= 0.3 is 12.4 Å². The lowest BCUT2D eigenvalue weighted by atomic mass is 9.55. The monoisotopic (exact) mass is 437 g/mol. The quantitative estimate of drug-likeness (QED) is 0.310. The van der Waals surface area contributed by atoms with E-state index in [1.54, 1.807) is 26.8 Å². The molecule has 0 amide bonds. The molecule has 3 rings (SSSR count). The van der Waals surface area contributed by atoms with E-state index >= 15 is 4.39 Å². The van der Waals surface area contributed by atoms with Crippen molar-refractivity contribution in [2.24, 2.45) is 11.3 Å². The molecule has 1 aliphatic carbocycles. The minimum Gasteiger partial charge on any atom is -0.341 e. The van der Waals surface area contributed by atoms with Crippen LogP contribution in [-0.2, 0) is 0 Å². The third-order valence-electron chi connectivity index (χ3n) is 6.41. The van der Waals surface area contributed by atoms with Crippen LogP contribution in [0.4, 0.5) is 35.1 Å². The number of hydrogen-bond donors (Lipinski definition) is 0. The Labute approximate surface area is 168 Å². The number of alkyl halides is 6. The fraction of sp³-hybridized carbons (Fsp3) is 0.429. The van der Waals surface area contributed by atoms with Crippen molar-refractivity contribution in [3.63, 3.8) is 0 Å². The van der Waals surface area contributed by atoms with E-state index in [9.17, 15) is 30.7 Å². The molecule has 2 heterocycles. The van der Waals surface area contributed by atoms with E-state index in [-0.39, 0.29) is 5.70 Å². The Bertz CT molecular complexity index is 968. The maximum atomic E-state index is 15.3. The fourth-order valence-electron chi connectivity index (χ4n) is 4.44. The molecule has 0 N–H and O–H groups in total. The summed E-state index contributed by atoms with van der Waals surface area (Å²) in [6, 6.07) is 0. The molecule has 0 fully saturated rings. The summed E-state index contributed by atoms with van der Waals surface area (Å²) in [7, 11) is 0. The Morgan fingerprint density at radius 3 is 2.03 bits per heavy atom. The van der Waals surface area contributed by atoms with Crippen LogP contribution in [0.1, 0.15) is 27.7 Å². The van der Waals surface area contributed by atoms with Gasteiger partial charge in [0.1, 0.15) is 17.2 Å². The average Bonchev–Trinajstić information content (AvgIpc) is 2.56. The summed E-state index contributed by atoms with van der Waals surface area (Å²) in [5.74, 6) is -6.73. The molecule has 0 aromatic carbocycles. The molecule has 3 aliphatic rings. The number of allylic oxidation sites excluding steroid dienone is 8. The summed E-state index contributed by atoms with van der Waals surface area (Å²) < 4.78 is 112. The molecule has 30 heavy (non-hydrogen) atoms. The highest BCUT2D eigenvalue weighted by Gasteiger charge is 2.64. The van der Waals surface area contributed by atoms with Gasteiger partial charge in [0.05, 0.1) is 5.57 Å². The molecule has 0 saturated carbocycles. The normalized spacial score (nSPS) is 29.1. The zero-order chi connectivity index (χ0) is 23.0. The van der Waals surface area contributed by atoms with Crippen molar-refractivity contribution in [3.05, 3.63) is 70.7 Å². The van der Waals surface area contributed by atoms with Crippen LogP contribution < -0.4 is 0 Å². The van der Waals surface area contributed by atoms with Crippen LogP contribution in [0.15, 0.2) is 70.7 Å². The van der Waals surface area contributed by atoms with Gasteiger partial charge in [-0.2, -0.15) is 26.3 Å². The second kappa shape index (κ2) is 6.34. The zero-order valence-electron chi connectivity index (χ0n) is 16.6. The van der Waals surface area contributed by atoms with Crippen LogP contribution in [-0.4, -0.2) is 22.8 Å². The van der Waals surface area contributed by atoms with Crippen molar-refractivity contribution in [1.82, 2.24) is 4.90 Å². The molecule has 0 saturated heterocycles. The first kappa shape index (κ1) is 22.4. The topological polar surface area (TPSA) is 3.24 Å². The minimum atomic E-state index is -5.66. The van der Waals surface area contributed by atoms with Crippen molar-refractivity contribution in [2.45, 2.75) is 45.6 Å². The molecule has 0 radical (unpaired) electrons. The Morgan fingerprint density at radius 1 is 1.00 bits per heavy atom. The summed E-state index contributed by atoms with van der Waals surface area (Å²) >= 11 is 0. The van der Waals surface area contributed by atoms with Crippen molar-refractivity contribution >= 4 is 0 Å². The highest BCUT2D eigenvalue weighted by atomic mass is 19.4. The van der Waals surface area contributed by atoms with E-state index in [1.807, 2.05) is 0 Å². The Morgan fingerprint density at radius 2 is 1.57 bits per heavy atom. The zero-order valence-corrected chi connectivity index (χ0v) is 16.6. The maximum absolute atomic E-state index is 15.3. The molecule has 164 valence electrons. The number of hydrogen-bond acceptors (Lipinski definition) is 1. The molecule has 1 nitrogen and oxygen atoms in total. The number of nitrogens with zero attached hydrogens (tertiary/aromatic N) is 1. The van der Waals surface area contributed by atoms with E-state index in [0.29, 0.717) is 5.57 Å². The third-order valence-corrected chi connectivity index (χ3v) is 6.41. The summed E-state index contributed by atoms with van der Waals surface area (Å²) in [5.41, 5.74) is -7.99. The highest BCUT2D eigenvalue weighted by molar-refractivity contribution is 5.61. The molecular formula is C21H19F8N. The van der Waals surface area contributed by atoms with Crippen molar-refractivity contribution < 1.29 is 35.1 Å².